The quantitative estimate of drug-likeness (QED) is 0.124. The zero-order valence-electron chi connectivity index (χ0n) is 34.5. The number of nitrogens with zero attached hydrogens (tertiary/aromatic N) is 4. The van der Waals surface area contributed by atoms with Crippen molar-refractivity contribution in [2.75, 3.05) is 27.3 Å². The molecule has 5 fully saturated rings. The molecule has 2 aliphatic heterocycles. The third-order valence-electron chi connectivity index (χ3n) is 13.7. The van der Waals surface area contributed by atoms with Crippen molar-refractivity contribution < 1.29 is 28.7 Å². The van der Waals surface area contributed by atoms with Gasteiger partial charge in [-0.25, -0.2) is 19.6 Å². The third-order valence-corrected chi connectivity index (χ3v) is 13.7. The number of amides is 4. The summed E-state index contributed by atoms with van der Waals surface area (Å²) < 4.78 is 9.65. The van der Waals surface area contributed by atoms with Gasteiger partial charge in [0.1, 0.15) is 23.7 Å². The molecular weight excluding hydrogens is 749 g/mol. The van der Waals surface area contributed by atoms with Gasteiger partial charge in [0.2, 0.25) is 5.91 Å². The van der Waals surface area contributed by atoms with Crippen LogP contribution in [0.3, 0.4) is 0 Å². The Morgan fingerprint density at radius 2 is 1.27 bits per heavy atom. The summed E-state index contributed by atoms with van der Waals surface area (Å²) in [4.78, 5) is 72.5. The lowest BCUT2D eigenvalue weighted by Crippen LogP contribution is -2.51. The Labute approximate surface area is 345 Å². The molecule has 14 heteroatoms. The van der Waals surface area contributed by atoms with Gasteiger partial charge >= 0.3 is 12.2 Å². The highest BCUT2D eigenvalue weighted by Crippen LogP contribution is 2.58. The predicted molar refractivity (Wildman–Crippen MR) is 220 cm³/mol. The number of alkyl carbamates (subject to hydrolysis) is 2. The Morgan fingerprint density at radius 1 is 0.712 bits per heavy atom. The van der Waals surface area contributed by atoms with Crippen LogP contribution in [0, 0.1) is 5.92 Å². The number of likely N-dealkylation sites (tertiary alicyclic amines) is 2. The number of aromatic nitrogens is 4. The molecule has 2 bridgehead atoms. The number of hydrogen-bond acceptors (Lipinski definition) is 8. The van der Waals surface area contributed by atoms with Crippen LogP contribution in [-0.2, 0) is 29.9 Å². The summed E-state index contributed by atoms with van der Waals surface area (Å²) in [6.07, 6.45) is 12.4. The second-order valence-corrected chi connectivity index (χ2v) is 17.2. The number of benzene rings is 2. The average molecular weight is 805 g/mol. The molecule has 3 aliphatic carbocycles. The van der Waals surface area contributed by atoms with E-state index >= 15 is 0 Å². The van der Waals surface area contributed by atoms with E-state index in [-0.39, 0.29) is 40.6 Å². The monoisotopic (exact) mass is 804 g/mol. The van der Waals surface area contributed by atoms with E-state index in [1.165, 1.54) is 25.5 Å². The molecule has 2 aromatic carbocycles. The number of aromatic amines is 2. The molecule has 4 unspecified atom stereocenters. The van der Waals surface area contributed by atoms with Gasteiger partial charge in [-0.15, -0.1) is 0 Å². The molecule has 59 heavy (non-hydrogen) atoms. The van der Waals surface area contributed by atoms with Crippen LogP contribution in [0.4, 0.5) is 9.59 Å². The first-order valence-corrected chi connectivity index (χ1v) is 21.1. The second-order valence-electron chi connectivity index (χ2n) is 17.2. The highest BCUT2D eigenvalue weighted by atomic mass is 16.5. The van der Waals surface area contributed by atoms with E-state index in [1.807, 2.05) is 66.4 Å². The molecule has 4 aromatic rings. The number of hydrogen-bond donors (Lipinski definition) is 4. The summed E-state index contributed by atoms with van der Waals surface area (Å²) in [6.45, 7) is 5.03. The van der Waals surface area contributed by atoms with Crippen LogP contribution in [0.5, 0.6) is 0 Å². The van der Waals surface area contributed by atoms with Crippen molar-refractivity contribution >= 4 is 24.0 Å². The number of carbonyl (C=O) groups is 4. The maximum absolute atomic E-state index is 14.0. The number of ether oxygens (including phenoxy) is 2. The van der Waals surface area contributed by atoms with Gasteiger partial charge in [-0.1, -0.05) is 68.4 Å². The van der Waals surface area contributed by atoms with Crippen LogP contribution in [0.15, 0.2) is 67.0 Å². The van der Waals surface area contributed by atoms with E-state index in [0.717, 1.165) is 87.1 Å². The second kappa shape index (κ2) is 16.5. The number of imidazole rings is 2. The topological polar surface area (TPSA) is 175 Å². The minimum Gasteiger partial charge on any atom is -0.453 e. The maximum atomic E-state index is 14.0. The standard InChI is InChI=1S/C45H56N8O6/c1-28(2)36(50-42(56)58-3)40(54)52-24-8-12-33(52)38-46-26-32(48-38)29-14-16-31(17-15-29)44-18-21-45(22-19-44,23-20-44)35-27-47-39(49-35)34-13-9-25-53(34)41(55)37(51-43(57)59-4)30-10-6-5-7-11-30/h5-7,10-11,14-17,26-28,33-34,36-37H,8-9,12-13,18-25H2,1-4H3,(H,46,48)(H,47,49)(H,50,56)(H,51,57). The Bertz CT molecular complexity index is 2120. The normalized spacial score (nSPS) is 24.8. The molecule has 2 aromatic heterocycles. The molecule has 14 nitrogen and oxygen atoms in total. The van der Waals surface area contributed by atoms with Gasteiger partial charge in [0.05, 0.1) is 38.2 Å². The van der Waals surface area contributed by atoms with Crippen molar-refractivity contribution in [1.82, 2.24) is 40.4 Å². The largest absolute Gasteiger partial charge is 0.453 e. The average Bonchev–Trinajstić information content (AvgIpc) is 4.12. The summed E-state index contributed by atoms with van der Waals surface area (Å²) in [6, 6.07) is 16.3. The zero-order chi connectivity index (χ0) is 41.3. The van der Waals surface area contributed by atoms with Crippen LogP contribution in [0.25, 0.3) is 11.3 Å². The van der Waals surface area contributed by atoms with Crippen molar-refractivity contribution in [3.05, 3.63) is 95.5 Å². The minimum absolute atomic E-state index is 0.0335. The van der Waals surface area contributed by atoms with E-state index in [2.05, 4.69) is 44.9 Å². The van der Waals surface area contributed by atoms with E-state index in [4.69, 9.17) is 19.4 Å². The van der Waals surface area contributed by atoms with Gasteiger partial charge in [-0.3, -0.25) is 9.59 Å². The van der Waals surface area contributed by atoms with Gasteiger partial charge in [0, 0.05) is 30.4 Å². The third kappa shape index (κ3) is 7.69. The van der Waals surface area contributed by atoms with Crippen LogP contribution < -0.4 is 10.6 Å². The number of H-pyrrole nitrogens is 2. The number of fused-ring (bicyclic) bond motifs is 3. The Hall–Kier alpha value is -5.66. The molecule has 3 saturated carbocycles. The van der Waals surface area contributed by atoms with Crippen molar-refractivity contribution in [2.24, 2.45) is 5.92 Å². The Kier molecular flexibility index (Phi) is 11.2. The van der Waals surface area contributed by atoms with Gasteiger partial charge in [0.25, 0.3) is 5.91 Å². The van der Waals surface area contributed by atoms with Crippen LogP contribution in [0.2, 0.25) is 0 Å². The predicted octanol–water partition coefficient (Wildman–Crippen LogP) is 7.15. The highest BCUT2D eigenvalue weighted by Gasteiger charge is 2.51. The van der Waals surface area contributed by atoms with E-state index in [1.54, 1.807) is 0 Å². The fourth-order valence-electron chi connectivity index (χ4n) is 10.2. The number of nitrogens with one attached hydrogen (secondary N) is 4. The molecule has 0 spiro atoms. The fraction of sp³-hybridized carbons (Fsp3) is 0.511. The summed E-state index contributed by atoms with van der Waals surface area (Å²) in [7, 11) is 2.60. The number of carbonyl (C=O) groups excluding carboxylic acids is 4. The van der Waals surface area contributed by atoms with Gasteiger partial charge < -0.3 is 39.9 Å². The fourth-order valence-corrected chi connectivity index (χ4v) is 10.2. The number of rotatable bonds is 11. The van der Waals surface area contributed by atoms with Gasteiger partial charge in [-0.05, 0) is 92.2 Å². The lowest BCUT2D eigenvalue weighted by molar-refractivity contribution is -0.135. The lowest BCUT2D eigenvalue weighted by Gasteiger charge is -2.53. The van der Waals surface area contributed by atoms with Crippen molar-refractivity contribution in [3.63, 3.8) is 0 Å². The van der Waals surface area contributed by atoms with E-state index in [9.17, 15) is 19.2 Å². The Balaban J connectivity index is 0.917. The molecule has 5 aliphatic rings. The highest BCUT2D eigenvalue weighted by molar-refractivity contribution is 5.88. The van der Waals surface area contributed by atoms with Crippen molar-refractivity contribution in [3.8, 4) is 11.3 Å². The molecule has 4 heterocycles. The molecular formula is C45H56N8O6. The minimum atomic E-state index is -0.852. The van der Waals surface area contributed by atoms with Crippen LogP contribution in [0.1, 0.15) is 125 Å². The first-order valence-electron chi connectivity index (χ1n) is 21.1. The first kappa shape index (κ1) is 40.1. The molecule has 9 rings (SSSR count). The molecule has 312 valence electrons. The molecule has 4 amide bonds. The molecule has 4 atom stereocenters. The number of methoxy groups -OCH3 is 2. The van der Waals surface area contributed by atoms with Gasteiger partial charge in [-0.2, -0.15) is 0 Å². The smallest absolute Gasteiger partial charge is 0.407 e. The summed E-state index contributed by atoms with van der Waals surface area (Å²) in [5.74, 6) is 1.18. The van der Waals surface area contributed by atoms with E-state index in [0.29, 0.717) is 18.7 Å². The maximum Gasteiger partial charge on any atom is 0.407 e. The summed E-state index contributed by atoms with van der Waals surface area (Å²) >= 11 is 0. The Morgan fingerprint density at radius 3 is 1.88 bits per heavy atom. The SMILES string of the molecule is COC(=O)NC(C(=O)N1CCCC1c1ncc(C23CCC(c4ccc(-c5cnc(C6CCCN6C(=O)C(NC(=O)OC)C(C)C)[nH]5)cc4)(CC2)CC3)[nH]1)c1ccccc1. The molecule has 0 radical (unpaired) electrons. The summed E-state index contributed by atoms with van der Waals surface area (Å²) in [5, 5.41) is 5.47. The molecule has 4 N–H and O–H groups in total. The van der Waals surface area contributed by atoms with Gasteiger partial charge in [0.15, 0.2) is 0 Å². The van der Waals surface area contributed by atoms with Crippen LogP contribution >= 0.6 is 0 Å². The van der Waals surface area contributed by atoms with Crippen molar-refractivity contribution in [2.45, 2.75) is 113 Å². The van der Waals surface area contributed by atoms with Crippen molar-refractivity contribution in [1.29, 1.82) is 0 Å². The zero-order valence-corrected chi connectivity index (χ0v) is 34.5. The lowest BCUT2D eigenvalue weighted by atomic mass is 9.51. The van der Waals surface area contributed by atoms with Crippen LogP contribution in [-0.4, -0.2) is 87.1 Å². The summed E-state index contributed by atoms with van der Waals surface area (Å²) in [5.41, 5.74) is 5.37. The molecule has 2 saturated heterocycles. The first-order chi connectivity index (χ1) is 28.5. The van der Waals surface area contributed by atoms with E-state index < -0.39 is 24.3 Å².